The van der Waals surface area contributed by atoms with Gasteiger partial charge in [-0.05, 0) is 13.5 Å². The third kappa shape index (κ3) is 24.7. The Morgan fingerprint density at radius 1 is 1.46 bits per heavy atom. The van der Waals surface area contributed by atoms with E-state index >= 15 is 0 Å². The van der Waals surface area contributed by atoms with E-state index in [4.69, 9.17) is 24.4 Å². The molecule has 78 valence electrons. The predicted molar refractivity (Wildman–Crippen MR) is 42.7 cm³/mol. The number of rotatable bonds is 2. The van der Waals surface area contributed by atoms with Crippen LogP contribution in [0.5, 0.6) is 0 Å². The molecule has 0 fully saturated rings. The summed E-state index contributed by atoms with van der Waals surface area (Å²) in [6.45, 7) is 4.87. The number of aliphatic hydroxyl groups excluding tert-OH is 1. The first-order chi connectivity index (χ1) is 5.68. The monoisotopic (exact) mass is 214 g/mol. The number of phosphoric acid groups is 1. The highest BCUT2D eigenvalue weighted by Gasteiger charge is 2.01. The second-order valence-corrected chi connectivity index (χ2v) is 2.71. The van der Waals surface area contributed by atoms with Crippen molar-refractivity contribution in [1.29, 1.82) is 0 Å². The molecular formula is C5H11O7P. The van der Waals surface area contributed by atoms with Crippen molar-refractivity contribution in [3.8, 4) is 0 Å². The standard InChI is InChI=1S/C5H8O3.H3O4P/c1-3-8-5(7)4(2)6;1-5(2,3)4/h6H,2-3H2,1H3;(H3,1,2,3,4). The fourth-order valence-electron chi connectivity index (χ4n) is 0.214. The summed E-state index contributed by atoms with van der Waals surface area (Å²) in [7, 11) is -4.64. The average molecular weight is 214 g/mol. The zero-order valence-electron chi connectivity index (χ0n) is 6.88. The van der Waals surface area contributed by atoms with E-state index in [2.05, 4.69) is 11.3 Å². The van der Waals surface area contributed by atoms with Crippen LogP contribution < -0.4 is 0 Å². The maximum Gasteiger partial charge on any atom is 0.466 e. The van der Waals surface area contributed by atoms with E-state index in [0.717, 1.165) is 0 Å². The molecule has 4 N–H and O–H groups in total. The number of esters is 1. The Morgan fingerprint density at radius 3 is 1.85 bits per heavy atom. The molecule has 0 atom stereocenters. The Morgan fingerprint density at radius 2 is 1.77 bits per heavy atom. The minimum absolute atomic E-state index is 0.262. The summed E-state index contributed by atoms with van der Waals surface area (Å²) in [5.41, 5.74) is 0. The normalized spacial score (nSPS) is 9.54. The molecule has 0 aliphatic heterocycles. The highest BCUT2D eigenvalue weighted by atomic mass is 31.2. The topological polar surface area (TPSA) is 124 Å². The zero-order chi connectivity index (χ0) is 11.1. The molecule has 0 saturated heterocycles. The lowest BCUT2D eigenvalue weighted by Crippen LogP contribution is -2.05. The summed E-state index contributed by atoms with van der Waals surface area (Å²) in [5.74, 6) is -1.31. The predicted octanol–water partition coefficient (Wildman–Crippen LogP) is -0.307. The zero-order valence-corrected chi connectivity index (χ0v) is 7.77. The van der Waals surface area contributed by atoms with Gasteiger partial charge in [-0.1, -0.05) is 0 Å². The Labute approximate surface area is 74.5 Å². The van der Waals surface area contributed by atoms with Gasteiger partial charge >= 0.3 is 13.8 Å². The summed E-state index contributed by atoms with van der Waals surface area (Å²) in [6, 6.07) is 0. The summed E-state index contributed by atoms with van der Waals surface area (Å²) >= 11 is 0. The van der Waals surface area contributed by atoms with Gasteiger partial charge in [0.25, 0.3) is 0 Å². The molecule has 0 heterocycles. The smallest absolute Gasteiger partial charge is 0.466 e. The second-order valence-electron chi connectivity index (χ2n) is 1.68. The largest absolute Gasteiger partial charge is 0.502 e. The van der Waals surface area contributed by atoms with Gasteiger partial charge in [0.2, 0.25) is 0 Å². The second kappa shape index (κ2) is 6.62. The van der Waals surface area contributed by atoms with Crippen molar-refractivity contribution in [3.63, 3.8) is 0 Å². The first kappa shape index (κ1) is 14.6. The van der Waals surface area contributed by atoms with Crippen molar-refractivity contribution in [1.82, 2.24) is 0 Å². The number of ether oxygens (including phenoxy) is 1. The summed E-state index contributed by atoms with van der Waals surface area (Å²) in [5, 5.41) is 8.28. The molecule has 0 unspecified atom stereocenters. The van der Waals surface area contributed by atoms with Crippen LogP contribution in [0, 0.1) is 0 Å². The minimum Gasteiger partial charge on any atom is -0.502 e. The Bertz CT molecular complexity index is 209. The molecule has 7 nitrogen and oxygen atoms in total. The van der Waals surface area contributed by atoms with E-state index in [9.17, 15) is 4.79 Å². The van der Waals surface area contributed by atoms with Gasteiger partial charge < -0.3 is 24.5 Å². The summed E-state index contributed by atoms with van der Waals surface area (Å²) in [6.07, 6.45) is 0. The molecule has 0 aromatic heterocycles. The van der Waals surface area contributed by atoms with Crippen LogP contribution in [0.1, 0.15) is 6.92 Å². The molecular weight excluding hydrogens is 203 g/mol. The first-order valence-corrected chi connectivity index (χ1v) is 4.58. The molecule has 0 aromatic rings. The van der Waals surface area contributed by atoms with Crippen molar-refractivity contribution in [2.24, 2.45) is 0 Å². The third-order valence-corrected chi connectivity index (χ3v) is 0.511. The number of aliphatic hydroxyl groups is 1. The van der Waals surface area contributed by atoms with Crippen LogP contribution in [0.4, 0.5) is 0 Å². The van der Waals surface area contributed by atoms with Gasteiger partial charge in [0.15, 0.2) is 5.76 Å². The van der Waals surface area contributed by atoms with Gasteiger partial charge in [-0.15, -0.1) is 0 Å². The Kier molecular flexibility index (Phi) is 7.45. The van der Waals surface area contributed by atoms with Crippen molar-refractivity contribution < 1.29 is 33.9 Å². The summed E-state index contributed by atoms with van der Waals surface area (Å²) < 4.78 is 13.2. The van der Waals surface area contributed by atoms with E-state index in [0.29, 0.717) is 0 Å². The maximum atomic E-state index is 10.2. The van der Waals surface area contributed by atoms with Gasteiger partial charge in [0, 0.05) is 0 Å². The van der Waals surface area contributed by atoms with E-state index in [-0.39, 0.29) is 6.61 Å². The van der Waals surface area contributed by atoms with Crippen molar-refractivity contribution >= 4 is 13.8 Å². The van der Waals surface area contributed by atoms with Crippen LogP contribution in [-0.2, 0) is 14.1 Å². The van der Waals surface area contributed by atoms with Crippen molar-refractivity contribution in [3.05, 3.63) is 12.3 Å². The van der Waals surface area contributed by atoms with E-state index in [1.54, 1.807) is 6.92 Å². The maximum absolute atomic E-state index is 10.2. The molecule has 0 saturated carbocycles. The van der Waals surface area contributed by atoms with E-state index < -0.39 is 19.6 Å². The van der Waals surface area contributed by atoms with Gasteiger partial charge in [-0.2, -0.15) is 0 Å². The average Bonchev–Trinajstić information content (AvgIpc) is 1.84. The number of carbonyl (C=O) groups is 1. The molecule has 0 amide bonds. The Balaban J connectivity index is 0. The fraction of sp³-hybridized carbons (Fsp3) is 0.400. The fourth-order valence-corrected chi connectivity index (χ4v) is 0.214. The lowest BCUT2D eigenvalue weighted by atomic mass is 10.6. The molecule has 0 bridgehead atoms. The molecule has 0 aliphatic rings. The molecule has 0 radical (unpaired) electrons. The molecule has 0 aromatic carbocycles. The van der Waals surface area contributed by atoms with Gasteiger partial charge in [-0.3, -0.25) is 0 Å². The minimum atomic E-state index is -4.64. The third-order valence-electron chi connectivity index (χ3n) is 0.511. The molecule has 8 heteroatoms. The SMILES string of the molecule is C=C(O)C(=O)OCC.O=P(O)(O)O. The molecule has 13 heavy (non-hydrogen) atoms. The van der Waals surface area contributed by atoms with Gasteiger partial charge in [-0.25, -0.2) is 9.36 Å². The highest BCUT2D eigenvalue weighted by Crippen LogP contribution is 2.25. The number of hydrogen-bond donors (Lipinski definition) is 4. The van der Waals surface area contributed by atoms with Crippen molar-refractivity contribution in [2.75, 3.05) is 6.61 Å². The summed E-state index contributed by atoms with van der Waals surface area (Å²) in [4.78, 5) is 31.7. The van der Waals surface area contributed by atoms with Gasteiger partial charge in [0.1, 0.15) is 0 Å². The number of hydrogen-bond acceptors (Lipinski definition) is 4. The van der Waals surface area contributed by atoms with Crippen LogP contribution in [0.3, 0.4) is 0 Å². The van der Waals surface area contributed by atoms with E-state index in [1.165, 1.54) is 0 Å². The van der Waals surface area contributed by atoms with Crippen LogP contribution in [0.2, 0.25) is 0 Å². The first-order valence-electron chi connectivity index (χ1n) is 3.01. The lowest BCUT2D eigenvalue weighted by Gasteiger charge is -1.95. The van der Waals surface area contributed by atoms with Gasteiger partial charge in [0.05, 0.1) is 6.61 Å². The lowest BCUT2D eigenvalue weighted by molar-refractivity contribution is -0.141. The number of carbonyl (C=O) groups excluding carboxylic acids is 1. The van der Waals surface area contributed by atoms with Crippen LogP contribution >= 0.6 is 7.82 Å². The highest BCUT2D eigenvalue weighted by molar-refractivity contribution is 7.45. The van der Waals surface area contributed by atoms with Crippen LogP contribution in [0.25, 0.3) is 0 Å². The van der Waals surface area contributed by atoms with Crippen molar-refractivity contribution in [2.45, 2.75) is 6.92 Å². The van der Waals surface area contributed by atoms with E-state index in [1.807, 2.05) is 0 Å². The molecule has 0 aliphatic carbocycles. The molecule has 0 spiro atoms. The Hall–Kier alpha value is -0.880. The quantitative estimate of drug-likeness (QED) is 0.215. The molecule has 0 rings (SSSR count). The van der Waals surface area contributed by atoms with Crippen LogP contribution in [0.15, 0.2) is 12.3 Å². The van der Waals surface area contributed by atoms with Crippen LogP contribution in [-0.4, -0.2) is 32.4 Å².